The van der Waals surface area contributed by atoms with E-state index in [0.29, 0.717) is 18.3 Å². The third kappa shape index (κ3) is 2.79. The fraction of sp³-hybridized carbons (Fsp3) is 0.467. The molecule has 1 N–H and O–H groups in total. The van der Waals surface area contributed by atoms with Crippen LogP contribution < -0.4 is 10.2 Å². The molecule has 0 unspecified atom stereocenters. The first kappa shape index (κ1) is 14.5. The summed E-state index contributed by atoms with van der Waals surface area (Å²) in [4.78, 5) is 28.3. The highest BCUT2D eigenvalue weighted by Gasteiger charge is 2.25. The lowest BCUT2D eigenvalue weighted by Crippen LogP contribution is -2.37. The summed E-state index contributed by atoms with van der Waals surface area (Å²) in [6.45, 7) is 4.53. The lowest BCUT2D eigenvalue weighted by molar-refractivity contribution is -0.114. The Morgan fingerprint density at radius 3 is 2.91 bits per heavy atom. The number of fused-ring (bicyclic) bond motifs is 3. The quantitative estimate of drug-likeness (QED) is 0.898. The highest BCUT2D eigenvalue weighted by molar-refractivity contribution is 7.19. The summed E-state index contributed by atoms with van der Waals surface area (Å²) >= 11 is 1.49. The van der Waals surface area contributed by atoms with Crippen LogP contribution in [0.25, 0.3) is 10.6 Å². The average Bonchev–Trinajstić information content (AvgIpc) is 2.97. The Balaban J connectivity index is 1.70. The second kappa shape index (κ2) is 5.86. The van der Waals surface area contributed by atoms with Gasteiger partial charge in [-0.05, 0) is 18.4 Å². The van der Waals surface area contributed by atoms with Crippen LogP contribution in [0.15, 0.2) is 6.20 Å². The number of aryl methyl sites for hydroxylation is 2. The number of nitrogens with zero attached hydrogens (tertiary/aromatic N) is 4. The Labute approximate surface area is 137 Å². The van der Waals surface area contributed by atoms with Crippen molar-refractivity contribution in [1.29, 1.82) is 0 Å². The van der Waals surface area contributed by atoms with E-state index in [4.69, 9.17) is 9.72 Å². The van der Waals surface area contributed by atoms with E-state index in [1.807, 2.05) is 6.20 Å². The standard InChI is InChI=1S/C15H17N5O2S/c1-9(21)17-15-18-11-3-2-10-8-16-14(19-12(10)13(11)23-15)20-4-6-22-7-5-20/h8H,2-7H2,1H3,(H,17,18,21). The van der Waals surface area contributed by atoms with Gasteiger partial charge in [0.2, 0.25) is 11.9 Å². The second-order valence-electron chi connectivity index (χ2n) is 5.62. The zero-order valence-electron chi connectivity index (χ0n) is 12.8. The first-order valence-corrected chi connectivity index (χ1v) is 8.48. The van der Waals surface area contributed by atoms with Gasteiger partial charge in [-0.25, -0.2) is 15.0 Å². The Kier molecular flexibility index (Phi) is 3.70. The molecule has 3 heterocycles. The minimum atomic E-state index is -0.104. The molecule has 1 aliphatic heterocycles. The number of aromatic nitrogens is 3. The van der Waals surface area contributed by atoms with Crippen molar-refractivity contribution in [2.45, 2.75) is 19.8 Å². The topological polar surface area (TPSA) is 80.2 Å². The molecule has 7 nitrogen and oxygen atoms in total. The van der Waals surface area contributed by atoms with Crippen molar-refractivity contribution in [3.05, 3.63) is 17.5 Å². The number of thiazole rings is 1. The van der Waals surface area contributed by atoms with Crippen molar-refractivity contribution in [1.82, 2.24) is 15.0 Å². The van der Waals surface area contributed by atoms with Crippen molar-refractivity contribution >= 4 is 28.3 Å². The number of anilines is 2. The van der Waals surface area contributed by atoms with Crippen LogP contribution in [-0.4, -0.2) is 47.2 Å². The van der Waals surface area contributed by atoms with E-state index in [0.717, 1.165) is 53.7 Å². The highest BCUT2D eigenvalue weighted by Crippen LogP contribution is 2.38. The predicted octanol–water partition coefficient (Wildman–Crippen LogP) is 1.49. The maximum Gasteiger partial charge on any atom is 0.226 e. The van der Waals surface area contributed by atoms with Crippen molar-refractivity contribution in [3.8, 4) is 10.6 Å². The number of carbonyl (C=O) groups excluding carboxylic acids is 1. The van der Waals surface area contributed by atoms with Crippen molar-refractivity contribution < 1.29 is 9.53 Å². The van der Waals surface area contributed by atoms with Gasteiger partial charge in [0.15, 0.2) is 5.13 Å². The summed E-state index contributed by atoms with van der Waals surface area (Å²) in [6.07, 6.45) is 3.67. The zero-order chi connectivity index (χ0) is 15.8. The molecule has 1 aliphatic carbocycles. The van der Waals surface area contributed by atoms with E-state index in [1.165, 1.54) is 18.3 Å². The van der Waals surface area contributed by atoms with Crippen molar-refractivity contribution in [2.24, 2.45) is 0 Å². The summed E-state index contributed by atoms with van der Waals surface area (Å²) < 4.78 is 5.39. The van der Waals surface area contributed by atoms with E-state index in [2.05, 4.69) is 20.2 Å². The number of morpholine rings is 1. The SMILES string of the molecule is CC(=O)Nc1nc2c(s1)-c1nc(N3CCOCC3)ncc1CC2. The van der Waals surface area contributed by atoms with Gasteiger partial charge in [-0.15, -0.1) is 0 Å². The predicted molar refractivity (Wildman–Crippen MR) is 87.9 cm³/mol. The van der Waals surface area contributed by atoms with Crippen LogP contribution >= 0.6 is 11.3 Å². The summed E-state index contributed by atoms with van der Waals surface area (Å²) in [5, 5.41) is 3.41. The van der Waals surface area contributed by atoms with E-state index in [9.17, 15) is 4.79 Å². The maximum atomic E-state index is 11.2. The number of hydrogen-bond donors (Lipinski definition) is 1. The molecule has 0 aromatic carbocycles. The molecular weight excluding hydrogens is 314 g/mol. The molecule has 0 atom stereocenters. The Morgan fingerprint density at radius 2 is 2.13 bits per heavy atom. The van der Waals surface area contributed by atoms with Crippen molar-refractivity contribution in [2.75, 3.05) is 36.5 Å². The van der Waals surface area contributed by atoms with Crippen molar-refractivity contribution in [3.63, 3.8) is 0 Å². The molecular formula is C15H17N5O2S. The van der Waals surface area contributed by atoms with E-state index in [-0.39, 0.29) is 5.91 Å². The molecule has 120 valence electrons. The third-order valence-corrected chi connectivity index (χ3v) is 4.99. The van der Waals surface area contributed by atoms with Gasteiger partial charge in [0.1, 0.15) is 0 Å². The molecule has 2 aliphatic rings. The van der Waals surface area contributed by atoms with E-state index < -0.39 is 0 Å². The smallest absolute Gasteiger partial charge is 0.226 e. The van der Waals surface area contributed by atoms with Crippen LogP contribution in [0.5, 0.6) is 0 Å². The van der Waals surface area contributed by atoms with Gasteiger partial charge < -0.3 is 15.0 Å². The molecule has 2 aromatic rings. The maximum absolute atomic E-state index is 11.2. The summed E-state index contributed by atoms with van der Waals surface area (Å²) in [6, 6.07) is 0. The first-order chi connectivity index (χ1) is 11.2. The van der Waals surface area contributed by atoms with Crippen LogP contribution in [0.2, 0.25) is 0 Å². The molecule has 0 radical (unpaired) electrons. The number of carbonyl (C=O) groups is 1. The van der Waals surface area contributed by atoms with Crippen LogP contribution in [-0.2, 0) is 22.4 Å². The van der Waals surface area contributed by atoms with Gasteiger partial charge in [-0.1, -0.05) is 11.3 Å². The molecule has 1 saturated heterocycles. The fourth-order valence-electron chi connectivity index (χ4n) is 2.86. The zero-order valence-corrected chi connectivity index (χ0v) is 13.7. The molecule has 23 heavy (non-hydrogen) atoms. The summed E-state index contributed by atoms with van der Waals surface area (Å²) in [5.74, 6) is 0.641. The lowest BCUT2D eigenvalue weighted by atomic mass is 10.00. The number of ether oxygens (including phenoxy) is 1. The molecule has 0 bridgehead atoms. The molecule has 1 amide bonds. The van der Waals surface area contributed by atoms with E-state index >= 15 is 0 Å². The monoisotopic (exact) mass is 331 g/mol. The molecule has 0 spiro atoms. The van der Waals surface area contributed by atoms with Gasteiger partial charge in [0.25, 0.3) is 0 Å². The largest absolute Gasteiger partial charge is 0.378 e. The van der Waals surface area contributed by atoms with E-state index in [1.54, 1.807) is 0 Å². The van der Waals surface area contributed by atoms with Crippen LogP contribution in [0, 0.1) is 0 Å². The molecule has 0 saturated carbocycles. The second-order valence-corrected chi connectivity index (χ2v) is 6.62. The van der Waals surface area contributed by atoms with Crippen LogP contribution in [0.4, 0.5) is 11.1 Å². The minimum Gasteiger partial charge on any atom is -0.378 e. The van der Waals surface area contributed by atoms with Gasteiger partial charge in [0, 0.05) is 26.2 Å². The van der Waals surface area contributed by atoms with Gasteiger partial charge in [-0.3, -0.25) is 4.79 Å². The lowest BCUT2D eigenvalue weighted by Gasteiger charge is -2.27. The molecule has 8 heteroatoms. The van der Waals surface area contributed by atoms with Gasteiger partial charge >= 0.3 is 0 Å². The summed E-state index contributed by atoms with van der Waals surface area (Å²) in [5.41, 5.74) is 3.11. The van der Waals surface area contributed by atoms with Gasteiger partial charge in [-0.2, -0.15) is 0 Å². The van der Waals surface area contributed by atoms with Crippen LogP contribution in [0.1, 0.15) is 18.2 Å². The molecule has 4 rings (SSSR count). The first-order valence-electron chi connectivity index (χ1n) is 7.67. The highest BCUT2D eigenvalue weighted by atomic mass is 32.1. The summed E-state index contributed by atoms with van der Waals surface area (Å²) in [7, 11) is 0. The number of amides is 1. The Bertz CT molecular complexity index is 754. The number of nitrogens with one attached hydrogen (secondary N) is 1. The minimum absolute atomic E-state index is 0.104. The number of hydrogen-bond acceptors (Lipinski definition) is 7. The Morgan fingerprint density at radius 1 is 1.30 bits per heavy atom. The van der Waals surface area contributed by atoms with Crippen LogP contribution in [0.3, 0.4) is 0 Å². The Hall–Kier alpha value is -2.06. The molecule has 1 fully saturated rings. The third-order valence-electron chi connectivity index (χ3n) is 3.97. The average molecular weight is 331 g/mol. The normalized spacial score (nSPS) is 16.7. The van der Waals surface area contributed by atoms with Gasteiger partial charge in [0.05, 0.1) is 29.5 Å². The molecule has 2 aromatic heterocycles. The number of rotatable bonds is 2. The fourth-order valence-corrected chi connectivity index (χ4v) is 3.94.